The van der Waals surface area contributed by atoms with Crippen LogP contribution in [0.4, 0.5) is 0 Å². The van der Waals surface area contributed by atoms with Crippen LogP contribution in [0.2, 0.25) is 0 Å². The molecule has 2 aromatic carbocycles. The molecule has 2 amide bonds. The second-order valence-electron chi connectivity index (χ2n) is 13.4. The van der Waals surface area contributed by atoms with Crippen LogP contribution < -0.4 is 14.8 Å². The zero-order chi connectivity index (χ0) is 31.7. The van der Waals surface area contributed by atoms with Crippen LogP contribution in [0.1, 0.15) is 119 Å². The van der Waals surface area contributed by atoms with E-state index in [1.807, 2.05) is 13.0 Å². The number of fused-ring (bicyclic) bond motifs is 7. The summed E-state index contributed by atoms with van der Waals surface area (Å²) in [7, 11) is 1.71. The van der Waals surface area contributed by atoms with Gasteiger partial charge in [-0.25, -0.2) is 0 Å². The first kappa shape index (κ1) is 31.6. The van der Waals surface area contributed by atoms with Gasteiger partial charge in [0.25, 0.3) is 5.91 Å². The Kier molecular flexibility index (Phi) is 9.24. The third-order valence-corrected chi connectivity index (χ3v) is 11.5. The fourth-order valence-corrected chi connectivity index (χ4v) is 8.18. The Bertz CT molecular complexity index is 1660. The van der Waals surface area contributed by atoms with Gasteiger partial charge < -0.3 is 14.6 Å². The number of aromatic nitrogens is 1. The van der Waals surface area contributed by atoms with Crippen molar-refractivity contribution in [1.29, 1.82) is 0 Å². The van der Waals surface area contributed by atoms with Gasteiger partial charge >= 0.3 is 0 Å². The lowest BCUT2D eigenvalue weighted by Crippen LogP contribution is -2.40. The van der Waals surface area contributed by atoms with Crippen molar-refractivity contribution in [1.82, 2.24) is 14.6 Å². The van der Waals surface area contributed by atoms with Gasteiger partial charge in [0, 0.05) is 52.2 Å². The van der Waals surface area contributed by atoms with E-state index in [4.69, 9.17) is 4.74 Å². The van der Waals surface area contributed by atoms with Crippen LogP contribution in [0.5, 0.6) is 5.75 Å². The number of nitrogens with one attached hydrogen (secondary N) is 2. The third-order valence-electron chi connectivity index (χ3n) is 10.4. The summed E-state index contributed by atoms with van der Waals surface area (Å²) in [6.45, 7) is 8.78. The summed E-state index contributed by atoms with van der Waals surface area (Å²) in [4.78, 5) is 27.6. The highest BCUT2D eigenvalue weighted by molar-refractivity contribution is 7.98. The molecule has 1 aliphatic heterocycles. The molecule has 6 nitrogen and oxygen atoms in total. The largest absolute Gasteiger partial charge is 0.497 e. The zero-order valence-electron chi connectivity index (χ0n) is 27.4. The van der Waals surface area contributed by atoms with Crippen molar-refractivity contribution in [3.63, 3.8) is 0 Å². The average Bonchev–Trinajstić information content (AvgIpc) is 3.74. The SMILES string of the molecule is CC#CCCC(C)NC(=O)C12CC1c1cc(OC)ccc1-c1c(C3CCCCC3)c3ccc(C(=O)NSC(C)CC)cc3n1C2. The number of nitrogens with zero attached hydrogens (tertiary/aromatic N) is 1. The highest BCUT2D eigenvalue weighted by atomic mass is 32.2. The van der Waals surface area contributed by atoms with Crippen LogP contribution in [0, 0.1) is 17.3 Å². The molecule has 2 fully saturated rings. The average molecular weight is 626 g/mol. The molecule has 7 heteroatoms. The first-order valence-corrected chi connectivity index (χ1v) is 17.7. The minimum absolute atomic E-state index is 0.0407. The standard InChI is InChI=1S/C38H47N3O3S/c1-6-8-10-13-24(3)39-37(43)38-22-32(38)31-21-28(44-5)17-19-29(31)35-34(26-14-11-9-12-15-26)30-18-16-27(20-33(30)41(35)23-38)36(42)40-45-25(4)7-2/h16-21,24-26,32H,7,9-15,22-23H2,1-5H3,(H,39,43)(H,40,42). The molecule has 0 radical (unpaired) electrons. The molecule has 45 heavy (non-hydrogen) atoms. The third kappa shape index (κ3) is 5.99. The summed E-state index contributed by atoms with van der Waals surface area (Å²) < 4.78 is 11.2. The summed E-state index contributed by atoms with van der Waals surface area (Å²) in [5.41, 5.74) is 6.18. The van der Waals surface area contributed by atoms with Gasteiger partial charge in [0.15, 0.2) is 0 Å². The number of carbonyl (C=O) groups is 2. The maximum Gasteiger partial charge on any atom is 0.261 e. The first-order chi connectivity index (χ1) is 21.8. The summed E-state index contributed by atoms with van der Waals surface area (Å²) in [6, 6.07) is 12.7. The van der Waals surface area contributed by atoms with Crippen LogP contribution in [0.25, 0.3) is 22.2 Å². The normalized spacial score (nSPS) is 21.7. The van der Waals surface area contributed by atoms with Crippen LogP contribution in [0.3, 0.4) is 0 Å². The summed E-state index contributed by atoms with van der Waals surface area (Å²) >= 11 is 1.48. The maximum absolute atomic E-state index is 14.3. The van der Waals surface area contributed by atoms with E-state index in [2.05, 4.69) is 77.5 Å². The minimum atomic E-state index is -0.558. The Balaban J connectivity index is 1.50. The molecule has 2 saturated carbocycles. The van der Waals surface area contributed by atoms with Crippen molar-refractivity contribution in [3.8, 4) is 28.8 Å². The number of carbonyl (C=O) groups excluding carboxylic acids is 2. The van der Waals surface area contributed by atoms with Gasteiger partial charge in [0.1, 0.15) is 5.75 Å². The smallest absolute Gasteiger partial charge is 0.261 e. The molecular formula is C38H47N3O3S. The lowest BCUT2D eigenvalue weighted by Gasteiger charge is -2.24. The molecule has 3 aromatic rings. The fraction of sp³-hybridized carbons (Fsp3) is 0.526. The van der Waals surface area contributed by atoms with E-state index < -0.39 is 5.41 Å². The predicted octanol–water partition coefficient (Wildman–Crippen LogP) is 8.34. The minimum Gasteiger partial charge on any atom is -0.497 e. The quantitative estimate of drug-likeness (QED) is 0.176. The van der Waals surface area contributed by atoms with Gasteiger partial charge in [-0.15, -0.1) is 11.8 Å². The number of rotatable bonds is 10. The highest BCUT2D eigenvalue weighted by Crippen LogP contribution is 2.65. The summed E-state index contributed by atoms with van der Waals surface area (Å²) in [6.07, 6.45) is 9.45. The molecule has 6 rings (SSSR count). The Labute approximate surface area is 272 Å². The number of benzene rings is 2. The van der Waals surface area contributed by atoms with Gasteiger partial charge in [-0.3, -0.25) is 14.3 Å². The zero-order valence-corrected chi connectivity index (χ0v) is 28.2. The van der Waals surface area contributed by atoms with E-state index in [1.54, 1.807) is 7.11 Å². The Morgan fingerprint density at radius 1 is 1.13 bits per heavy atom. The maximum atomic E-state index is 14.3. The summed E-state index contributed by atoms with van der Waals surface area (Å²) in [5.74, 6) is 7.52. The molecule has 2 aliphatic carbocycles. The predicted molar refractivity (Wildman–Crippen MR) is 185 cm³/mol. The van der Waals surface area contributed by atoms with Crippen molar-refractivity contribution in [2.45, 2.75) is 115 Å². The molecule has 0 spiro atoms. The topological polar surface area (TPSA) is 72.4 Å². The number of hydrogen-bond acceptors (Lipinski definition) is 4. The summed E-state index contributed by atoms with van der Waals surface area (Å²) in [5, 5.41) is 4.93. The Morgan fingerprint density at radius 2 is 1.93 bits per heavy atom. The van der Waals surface area contributed by atoms with Crippen LogP contribution in [-0.4, -0.2) is 34.8 Å². The molecule has 3 aliphatic rings. The van der Waals surface area contributed by atoms with E-state index >= 15 is 0 Å². The molecule has 0 bridgehead atoms. The molecule has 2 heterocycles. The number of amides is 2. The van der Waals surface area contributed by atoms with E-state index in [9.17, 15) is 9.59 Å². The van der Waals surface area contributed by atoms with Crippen LogP contribution >= 0.6 is 11.9 Å². The Morgan fingerprint density at radius 3 is 2.67 bits per heavy atom. The van der Waals surface area contributed by atoms with Crippen molar-refractivity contribution in [2.75, 3.05) is 7.11 Å². The lowest BCUT2D eigenvalue weighted by molar-refractivity contribution is -0.127. The van der Waals surface area contributed by atoms with Crippen molar-refractivity contribution in [2.24, 2.45) is 5.41 Å². The van der Waals surface area contributed by atoms with Gasteiger partial charge in [-0.2, -0.15) is 0 Å². The van der Waals surface area contributed by atoms with Crippen LogP contribution in [0.15, 0.2) is 36.4 Å². The van der Waals surface area contributed by atoms with E-state index in [0.29, 0.717) is 23.3 Å². The lowest BCUT2D eigenvalue weighted by atomic mass is 9.81. The van der Waals surface area contributed by atoms with Gasteiger partial charge in [0.05, 0.1) is 18.2 Å². The number of methoxy groups -OCH3 is 1. The fourth-order valence-electron chi connectivity index (χ4n) is 7.59. The number of ether oxygens (including phenoxy) is 1. The van der Waals surface area contributed by atoms with E-state index in [-0.39, 0.29) is 23.8 Å². The van der Waals surface area contributed by atoms with Crippen molar-refractivity contribution >= 4 is 34.7 Å². The number of hydrogen-bond donors (Lipinski definition) is 2. The van der Waals surface area contributed by atoms with Crippen LogP contribution in [-0.2, 0) is 11.3 Å². The van der Waals surface area contributed by atoms with E-state index in [1.165, 1.54) is 71.8 Å². The molecule has 238 valence electrons. The Hall–Kier alpha value is -3.37. The molecule has 4 atom stereocenters. The molecule has 0 saturated heterocycles. The highest BCUT2D eigenvalue weighted by Gasteiger charge is 2.63. The molecule has 4 unspecified atom stereocenters. The second-order valence-corrected chi connectivity index (χ2v) is 14.6. The van der Waals surface area contributed by atoms with E-state index in [0.717, 1.165) is 36.9 Å². The van der Waals surface area contributed by atoms with Crippen molar-refractivity contribution < 1.29 is 14.3 Å². The first-order valence-electron chi connectivity index (χ1n) is 16.8. The van der Waals surface area contributed by atoms with Gasteiger partial charge in [0.2, 0.25) is 5.91 Å². The second kappa shape index (κ2) is 13.2. The molecule has 1 aromatic heterocycles. The monoisotopic (exact) mass is 625 g/mol. The van der Waals surface area contributed by atoms with Gasteiger partial charge in [-0.1, -0.05) is 39.2 Å². The van der Waals surface area contributed by atoms with Gasteiger partial charge in [-0.05, 0) is 105 Å². The molecular weight excluding hydrogens is 579 g/mol. The van der Waals surface area contributed by atoms with Crippen molar-refractivity contribution in [3.05, 3.63) is 53.1 Å². The molecule has 2 N–H and O–H groups in total.